The summed E-state index contributed by atoms with van der Waals surface area (Å²) in [5, 5.41) is 4.69. The molecule has 0 saturated carbocycles. The highest BCUT2D eigenvalue weighted by molar-refractivity contribution is 6.30. The fourth-order valence-corrected chi connectivity index (χ4v) is 3.99. The molecule has 1 N–H and O–H groups in total. The van der Waals surface area contributed by atoms with E-state index >= 15 is 0 Å². The fourth-order valence-electron chi connectivity index (χ4n) is 3.86. The van der Waals surface area contributed by atoms with E-state index in [0.29, 0.717) is 16.5 Å². The number of methoxy groups -OCH3 is 1. The molecule has 0 radical (unpaired) electrons. The first-order valence-electron chi connectivity index (χ1n) is 10.1. The van der Waals surface area contributed by atoms with Gasteiger partial charge in [-0.05, 0) is 63.6 Å². The van der Waals surface area contributed by atoms with Crippen LogP contribution in [0, 0.1) is 0 Å². The van der Waals surface area contributed by atoms with Gasteiger partial charge in [-0.25, -0.2) is 5.43 Å². The van der Waals surface area contributed by atoms with Crippen molar-refractivity contribution >= 4 is 35.0 Å². The maximum absolute atomic E-state index is 12.0. The summed E-state index contributed by atoms with van der Waals surface area (Å²) < 4.78 is 11.0. The molecule has 7 heteroatoms. The number of allylic oxidation sites excluding steroid dienone is 1. The second-order valence-corrected chi connectivity index (χ2v) is 8.31. The minimum Gasteiger partial charge on any atom is -0.496 e. The molecule has 0 bridgehead atoms. The van der Waals surface area contributed by atoms with Crippen LogP contribution in [0.2, 0.25) is 5.02 Å². The van der Waals surface area contributed by atoms with Gasteiger partial charge < -0.3 is 14.4 Å². The fraction of sp³-hybridized carbons (Fsp3) is 0.333. The molecule has 0 aromatic heterocycles. The van der Waals surface area contributed by atoms with Gasteiger partial charge in [-0.15, -0.1) is 0 Å². The Morgan fingerprint density at radius 3 is 2.61 bits per heavy atom. The van der Waals surface area contributed by atoms with Crippen LogP contribution in [0.3, 0.4) is 0 Å². The molecule has 0 saturated heterocycles. The molecule has 0 atom stereocenters. The van der Waals surface area contributed by atoms with Crippen LogP contribution < -0.4 is 19.8 Å². The quantitative estimate of drug-likeness (QED) is 0.490. The molecule has 1 amide bonds. The van der Waals surface area contributed by atoms with Crippen molar-refractivity contribution in [3.63, 3.8) is 0 Å². The number of halogens is 1. The van der Waals surface area contributed by atoms with Crippen LogP contribution in [-0.2, 0) is 4.79 Å². The van der Waals surface area contributed by atoms with E-state index in [0.717, 1.165) is 23.4 Å². The van der Waals surface area contributed by atoms with Crippen LogP contribution in [0.5, 0.6) is 11.5 Å². The molecule has 2 aromatic rings. The molecule has 1 heterocycles. The van der Waals surface area contributed by atoms with Gasteiger partial charge >= 0.3 is 0 Å². The molecule has 164 valence electrons. The number of rotatable bonds is 7. The number of nitrogens with zero attached hydrogens (tertiary/aromatic N) is 2. The van der Waals surface area contributed by atoms with Gasteiger partial charge in [0.1, 0.15) is 11.5 Å². The SMILES string of the molecule is CCN1c2cc(OC)c(/C=N\NC(=O)COc3ccc(Cl)cc3)cc2C(C)=CC1(C)C. The van der Waals surface area contributed by atoms with Crippen molar-refractivity contribution in [1.82, 2.24) is 5.43 Å². The highest BCUT2D eigenvalue weighted by atomic mass is 35.5. The number of amides is 1. The average molecular weight is 442 g/mol. The zero-order chi connectivity index (χ0) is 22.6. The predicted octanol–water partition coefficient (Wildman–Crippen LogP) is 4.90. The van der Waals surface area contributed by atoms with Crippen LogP contribution in [0.1, 0.15) is 38.8 Å². The summed E-state index contributed by atoms with van der Waals surface area (Å²) in [5.41, 5.74) is 6.64. The monoisotopic (exact) mass is 441 g/mol. The number of fused-ring (bicyclic) bond motifs is 1. The van der Waals surface area contributed by atoms with Gasteiger partial charge in [0, 0.05) is 34.4 Å². The molecular weight excluding hydrogens is 414 g/mol. The normalized spacial score (nSPS) is 14.8. The van der Waals surface area contributed by atoms with E-state index < -0.39 is 0 Å². The van der Waals surface area contributed by atoms with Gasteiger partial charge in [0.25, 0.3) is 5.91 Å². The molecule has 2 aromatic carbocycles. The van der Waals surface area contributed by atoms with Crippen molar-refractivity contribution in [2.24, 2.45) is 5.10 Å². The van der Waals surface area contributed by atoms with Crippen LogP contribution in [0.15, 0.2) is 47.6 Å². The van der Waals surface area contributed by atoms with E-state index in [2.05, 4.69) is 49.2 Å². The van der Waals surface area contributed by atoms with Crippen LogP contribution >= 0.6 is 11.6 Å². The summed E-state index contributed by atoms with van der Waals surface area (Å²) >= 11 is 5.84. The van der Waals surface area contributed by atoms with Crippen LogP contribution in [0.4, 0.5) is 5.69 Å². The lowest BCUT2D eigenvalue weighted by Gasteiger charge is -2.43. The maximum Gasteiger partial charge on any atom is 0.277 e. The smallest absolute Gasteiger partial charge is 0.277 e. The number of likely N-dealkylation sites (N-methyl/N-ethyl adjacent to an activating group) is 1. The molecule has 6 nitrogen and oxygen atoms in total. The molecular formula is C24H28ClN3O3. The Morgan fingerprint density at radius 1 is 1.26 bits per heavy atom. The minimum atomic E-state index is -0.363. The number of hydrogen-bond acceptors (Lipinski definition) is 5. The zero-order valence-electron chi connectivity index (χ0n) is 18.5. The second-order valence-electron chi connectivity index (χ2n) is 7.87. The first-order valence-corrected chi connectivity index (χ1v) is 10.5. The average Bonchev–Trinajstić information content (AvgIpc) is 2.73. The number of benzene rings is 2. The number of hydrazone groups is 1. The molecule has 0 aliphatic carbocycles. The summed E-state index contributed by atoms with van der Waals surface area (Å²) in [7, 11) is 1.63. The topological polar surface area (TPSA) is 63.2 Å². The number of anilines is 1. The lowest BCUT2D eigenvalue weighted by atomic mass is 9.88. The highest BCUT2D eigenvalue weighted by Gasteiger charge is 2.31. The summed E-state index contributed by atoms with van der Waals surface area (Å²) in [6.45, 7) is 9.38. The highest BCUT2D eigenvalue weighted by Crippen LogP contribution is 2.41. The Hall–Kier alpha value is -2.99. The molecule has 31 heavy (non-hydrogen) atoms. The molecule has 3 rings (SSSR count). The second kappa shape index (κ2) is 9.43. The molecule has 1 aliphatic rings. The summed E-state index contributed by atoms with van der Waals surface area (Å²) in [4.78, 5) is 14.4. The van der Waals surface area contributed by atoms with Gasteiger partial charge in [0.2, 0.25) is 0 Å². The van der Waals surface area contributed by atoms with Gasteiger partial charge in [-0.1, -0.05) is 17.7 Å². The van der Waals surface area contributed by atoms with Crippen molar-refractivity contribution in [2.75, 3.05) is 25.2 Å². The first kappa shape index (κ1) is 22.7. The largest absolute Gasteiger partial charge is 0.496 e. The third-order valence-corrected chi connectivity index (χ3v) is 5.47. The third-order valence-electron chi connectivity index (χ3n) is 5.22. The van der Waals surface area contributed by atoms with Gasteiger partial charge in [-0.2, -0.15) is 5.10 Å². The standard InChI is InChI=1S/C24H28ClN3O3/c1-6-28-21-12-22(30-5)17(11-20(21)16(2)13-24(28,3)4)14-26-27-23(29)15-31-19-9-7-18(25)8-10-19/h7-14H,6,15H2,1-5H3,(H,27,29)/b26-14-. The molecule has 1 aliphatic heterocycles. The molecule has 0 unspecified atom stereocenters. The van der Waals surface area contributed by atoms with Crippen molar-refractivity contribution in [2.45, 2.75) is 33.2 Å². The van der Waals surface area contributed by atoms with Crippen LogP contribution in [0.25, 0.3) is 5.57 Å². The minimum absolute atomic E-state index is 0.0789. The van der Waals surface area contributed by atoms with Crippen molar-refractivity contribution in [3.05, 3.63) is 58.6 Å². The Balaban J connectivity index is 1.72. The number of carbonyl (C=O) groups excluding carboxylic acids is 1. The molecule has 0 spiro atoms. The lowest BCUT2D eigenvalue weighted by Crippen LogP contribution is -2.44. The van der Waals surface area contributed by atoms with E-state index in [1.54, 1.807) is 37.6 Å². The van der Waals surface area contributed by atoms with Gasteiger partial charge in [0.05, 0.1) is 18.9 Å². The number of hydrogen-bond donors (Lipinski definition) is 1. The summed E-state index contributed by atoms with van der Waals surface area (Å²) in [6.07, 6.45) is 3.85. The third kappa shape index (κ3) is 5.20. The van der Waals surface area contributed by atoms with Crippen LogP contribution in [-0.4, -0.2) is 37.9 Å². The molecule has 0 fully saturated rings. The van der Waals surface area contributed by atoms with Gasteiger partial charge in [0.15, 0.2) is 6.61 Å². The predicted molar refractivity (Wildman–Crippen MR) is 126 cm³/mol. The van der Waals surface area contributed by atoms with E-state index in [4.69, 9.17) is 21.1 Å². The Bertz CT molecular complexity index is 1010. The summed E-state index contributed by atoms with van der Waals surface area (Å²) in [5.74, 6) is 0.891. The van der Waals surface area contributed by atoms with Crippen molar-refractivity contribution in [1.29, 1.82) is 0 Å². The van der Waals surface area contributed by atoms with E-state index in [1.807, 2.05) is 12.1 Å². The van der Waals surface area contributed by atoms with E-state index in [9.17, 15) is 4.79 Å². The van der Waals surface area contributed by atoms with E-state index in [1.165, 1.54) is 5.57 Å². The van der Waals surface area contributed by atoms with Crippen molar-refractivity contribution < 1.29 is 14.3 Å². The van der Waals surface area contributed by atoms with E-state index in [-0.39, 0.29) is 18.1 Å². The lowest BCUT2D eigenvalue weighted by molar-refractivity contribution is -0.123. The van der Waals surface area contributed by atoms with Crippen molar-refractivity contribution in [3.8, 4) is 11.5 Å². The number of nitrogens with one attached hydrogen (secondary N) is 1. The van der Waals surface area contributed by atoms with Gasteiger partial charge in [-0.3, -0.25) is 4.79 Å². The number of carbonyl (C=O) groups is 1. The Morgan fingerprint density at radius 2 is 1.97 bits per heavy atom. The Kier molecular flexibility index (Phi) is 6.91. The maximum atomic E-state index is 12.0. The summed E-state index contributed by atoms with van der Waals surface area (Å²) in [6, 6.07) is 10.9. The zero-order valence-corrected chi connectivity index (χ0v) is 19.3. The number of ether oxygens (including phenoxy) is 2. The first-order chi connectivity index (χ1) is 14.7. The Labute approximate surface area is 188 Å².